The fourth-order valence-corrected chi connectivity index (χ4v) is 3.59. The fraction of sp³-hybridized carbons (Fsp3) is 0.632. The van der Waals surface area contributed by atoms with Gasteiger partial charge < -0.3 is 19.7 Å². The number of carbonyl (C=O) groups is 1. The molecular formula is C19H27F2N3O3. The smallest absolute Gasteiger partial charge is 0.387 e. The number of likely N-dealkylation sites (N-methyl/N-ethyl adjacent to an activating group) is 1. The Kier molecular flexibility index (Phi) is 6.84. The number of amides is 2. The summed E-state index contributed by atoms with van der Waals surface area (Å²) in [4.78, 5) is 16.5. The van der Waals surface area contributed by atoms with Gasteiger partial charge in [-0.3, -0.25) is 4.90 Å². The molecule has 2 aliphatic rings. The van der Waals surface area contributed by atoms with Gasteiger partial charge in [0.05, 0.1) is 19.3 Å². The van der Waals surface area contributed by atoms with Crippen LogP contribution in [0.1, 0.15) is 30.0 Å². The van der Waals surface area contributed by atoms with Gasteiger partial charge in [-0.25, -0.2) is 4.79 Å². The molecule has 1 saturated heterocycles. The fourth-order valence-electron chi connectivity index (χ4n) is 3.59. The van der Waals surface area contributed by atoms with E-state index in [1.807, 2.05) is 0 Å². The molecular weight excluding hydrogens is 356 g/mol. The van der Waals surface area contributed by atoms with Crippen LogP contribution in [0.2, 0.25) is 0 Å². The Bertz CT molecular complexity index is 639. The van der Waals surface area contributed by atoms with E-state index < -0.39 is 6.61 Å². The summed E-state index contributed by atoms with van der Waals surface area (Å²) < 4.78 is 34.6. The van der Waals surface area contributed by atoms with E-state index >= 15 is 0 Å². The molecule has 1 aromatic rings. The zero-order valence-electron chi connectivity index (χ0n) is 15.6. The molecule has 6 nitrogen and oxygen atoms in total. The van der Waals surface area contributed by atoms with Crippen molar-refractivity contribution >= 4 is 6.03 Å². The summed E-state index contributed by atoms with van der Waals surface area (Å²) in [5, 5.41) is 3.08. The molecule has 1 unspecified atom stereocenters. The van der Waals surface area contributed by atoms with Crippen LogP contribution in [0, 0.1) is 0 Å². The van der Waals surface area contributed by atoms with Crippen molar-refractivity contribution in [3.05, 3.63) is 29.3 Å². The largest absolute Gasteiger partial charge is 0.435 e. The number of halogens is 2. The average Bonchev–Trinajstić information content (AvgIpc) is 2.66. The third kappa shape index (κ3) is 5.52. The van der Waals surface area contributed by atoms with E-state index in [1.54, 1.807) is 24.1 Å². The monoisotopic (exact) mass is 383 g/mol. The molecule has 0 spiro atoms. The van der Waals surface area contributed by atoms with Gasteiger partial charge in [0, 0.05) is 33.2 Å². The van der Waals surface area contributed by atoms with E-state index in [2.05, 4.69) is 15.0 Å². The second-order valence-electron chi connectivity index (χ2n) is 7.01. The Morgan fingerprint density at radius 3 is 2.93 bits per heavy atom. The lowest BCUT2D eigenvalue weighted by Gasteiger charge is -2.31. The van der Waals surface area contributed by atoms with Crippen molar-refractivity contribution in [1.29, 1.82) is 0 Å². The lowest BCUT2D eigenvalue weighted by atomic mass is 9.87. The molecule has 0 bridgehead atoms. The molecule has 0 radical (unpaired) electrons. The number of morpholine rings is 1. The first-order valence-electron chi connectivity index (χ1n) is 9.42. The molecule has 0 saturated carbocycles. The minimum Gasteiger partial charge on any atom is -0.435 e. The van der Waals surface area contributed by atoms with Gasteiger partial charge in [0.15, 0.2) is 0 Å². The van der Waals surface area contributed by atoms with E-state index in [9.17, 15) is 13.6 Å². The van der Waals surface area contributed by atoms with Crippen LogP contribution >= 0.6 is 0 Å². The molecule has 8 heteroatoms. The summed E-state index contributed by atoms with van der Waals surface area (Å²) in [5.41, 5.74) is 1.94. The molecule has 27 heavy (non-hydrogen) atoms. The maximum Gasteiger partial charge on any atom is 0.387 e. The molecule has 1 fully saturated rings. The number of nitrogens with zero attached hydrogens (tertiary/aromatic N) is 2. The van der Waals surface area contributed by atoms with Crippen LogP contribution in [0.5, 0.6) is 5.75 Å². The van der Waals surface area contributed by atoms with Crippen molar-refractivity contribution in [2.45, 2.75) is 31.9 Å². The van der Waals surface area contributed by atoms with Crippen molar-refractivity contribution in [2.75, 3.05) is 46.4 Å². The van der Waals surface area contributed by atoms with Crippen LogP contribution in [-0.2, 0) is 11.2 Å². The number of urea groups is 1. The van der Waals surface area contributed by atoms with Crippen molar-refractivity contribution in [2.24, 2.45) is 0 Å². The first-order chi connectivity index (χ1) is 13.0. The van der Waals surface area contributed by atoms with Gasteiger partial charge in [-0.2, -0.15) is 8.78 Å². The normalized spacial score (nSPS) is 20.2. The number of hydrogen-bond donors (Lipinski definition) is 1. The molecule has 1 aliphatic carbocycles. The molecule has 3 rings (SSSR count). The predicted molar refractivity (Wildman–Crippen MR) is 97.2 cm³/mol. The number of carbonyl (C=O) groups excluding carboxylic acids is 1. The zero-order chi connectivity index (χ0) is 19.2. The Labute approximate surface area is 158 Å². The van der Waals surface area contributed by atoms with Gasteiger partial charge in [0.1, 0.15) is 5.75 Å². The van der Waals surface area contributed by atoms with Crippen molar-refractivity contribution in [3.8, 4) is 5.75 Å². The van der Waals surface area contributed by atoms with Crippen molar-refractivity contribution < 1.29 is 23.0 Å². The van der Waals surface area contributed by atoms with E-state index in [1.165, 1.54) is 6.07 Å². The van der Waals surface area contributed by atoms with Crippen LogP contribution in [0.15, 0.2) is 18.2 Å². The maximum absolute atomic E-state index is 12.6. The van der Waals surface area contributed by atoms with E-state index in [4.69, 9.17) is 4.74 Å². The molecule has 1 aromatic carbocycles. The predicted octanol–water partition coefficient (Wildman–Crippen LogP) is 2.64. The number of nitrogens with one attached hydrogen (secondary N) is 1. The SMILES string of the molecule is CN(CCN1CCOCC1)C(=O)NC1CCCc2cc(OC(F)F)ccc21. The van der Waals surface area contributed by atoms with Crippen LogP contribution in [0.3, 0.4) is 0 Å². The topological polar surface area (TPSA) is 54.0 Å². The number of aryl methyl sites for hydroxylation is 1. The van der Waals surface area contributed by atoms with Crippen LogP contribution in [0.4, 0.5) is 13.6 Å². The highest BCUT2D eigenvalue weighted by atomic mass is 19.3. The second kappa shape index (κ2) is 9.32. The number of fused-ring (bicyclic) bond motifs is 1. The van der Waals surface area contributed by atoms with E-state index in [0.29, 0.717) is 6.54 Å². The Morgan fingerprint density at radius 2 is 2.19 bits per heavy atom. The van der Waals surface area contributed by atoms with Gasteiger partial charge in [-0.05, 0) is 42.5 Å². The lowest BCUT2D eigenvalue weighted by molar-refractivity contribution is -0.0499. The molecule has 2 amide bonds. The third-order valence-electron chi connectivity index (χ3n) is 5.15. The summed E-state index contributed by atoms with van der Waals surface area (Å²) in [5.74, 6) is 0.165. The van der Waals surface area contributed by atoms with Gasteiger partial charge >= 0.3 is 12.6 Å². The summed E-state index contributed by atoms with van der Waals surface area (Å²) in [6.45, 7) is 1.92. The Hall–Kier alpha value is -1.93. The van der Waals surface area contributed by atoms with Gasteiger partial charge in [-0.15, -0.1) is 0 Å². The van der Waals surface area contributed by atoms with Gasteiger partial charge in [-0.1, -0.05) is 6.07 Å². The van der Waals surface area contributed by atoms with E-state index in [0.717, 1.165) is 63.2 Å². The first kappa shape index (κ1) is 19.8. The Morgan fingerprint density at radius 1 is 1.41 bits per heavy atom. The first-order valence-corrected chi connectivity index (χ1v) is 9.42. The van der Waals surface area contributed by atoms with Crippen LogP contribution in [0.25, 0.3) is 0 Å². The van der Waals surface area contributed by atoms with Crippen molar-refractivity contribution in [3.63, 3.8) is 0 Å². The number of hydrogen-bond acceptors (Lipinski definition) is 4. The molecule has 150 valence electrons. The highest BCUT2D eigenvalue weighted by molar-refractivity contribution is 5.74. The number of benzene rings is 1. The summed E-state index contributed by atoms with van der Waals surface area (Å²) >= 11 is 0. The highest BCUT2D eigenvalue weighted by Crippen LogP contribution is 2.32. The zero-order valence-corrected chi connectivity index (χ0v) is 15.6. The number of rotatable bonds is 6. The Balaban J connectivity index is 1.55. The van der Waals surface area contributed by atoms with Gasteiger partial charge in [0.2, 0.25) is 0 Å². The third-order valence-corrected chi connectivity index (χ3v) is 5.15. The summed E-state index contributed by atoms with van der Waals surface area (Å²) in [6, 6.07) is 4.76. The minimum atomic E-state index is -2.83. The molecule has 1 atom stereocenters. The molecule has 1 N–H and O–H groups in total. The van der Waals surface area contributed by atoms with Crippen LogP contribution in [-0.4, -0.2) is 68.9 Å². The second-order valence-corrected chi connectivity index (χ2v) is 7.01. The number of ether oxygens (including phenoxy) is 2. The summed E-state index contributed by atoms with van der Waals surface area (Å²) in [6.07, 6.45) is 2.54. The number of alkyl halides is 2. The van der Waals surface area contributed by atoms with E-state index in [-0.39, 0.29) is 17.8 Å². The molecule has 1 aliphatic heterocycles. The molecule has 0 aromatic heterocycles. The highest BCUT2D eigenvalue weighted by Gasteiger charge is 2.24. The average molecular weight is 383 g/mol. The minimum absolute atomic E-state index is 0.104. The maximum atomic E-state index is 12.6. The lowest BCUT2D eigenvalue weighted by Crippen LogP contribution is -2.45. The van der Waals surface area contributed by atoms with Gasteiger partial charge in [0.25, 0.3) is 0 Å². The quantitative estimate of drug-likeness (QED) is 0.821. The molecule has 1 heterocycles. The standard InChI is InChI=1S/C19H27F2N3O3/c1-23(7-8-24-9-11-26-12-10-24)19(25)22-17-4-2-3-14-13-15(27-18(20)21)5-6-16(14)17/h5-6,13,17-18H,2-4,7-12H2,1H3,(H,22,25). The summed E-state index contributed by atoms with van der Waals surface area (Å²) in [7, 11) is 1.79. The van der Waals surface area contributed by atoms with Crippen molar-refractivity contribution in [1.82, 2.24) is 15.1 Å². The van der Waals surface area contributed by atoms with Crippen LogP contribution < -0.4 is 10.1 Å².